The average molecular weight is 845 g/mol. The number of pyridine rings is 2. The van der Waals surface area contributed by atoms with E-state index in [0.29, 0.717) is 32.6 Å². The predicted molar refractivity (Wildman–Crippen MR) is 187 cm³/mol. The van der Waals surface area contributed by atoms with Crippen molar-refractivity contribution in [3.63, 3.8) is 0 Å². The van der Waals surface area contributed by atoms with Crippen molar-refractivity contribution >= 4 is 88.8 Å². The second kappa shape index (κ2) is 19.2. The zero-order valence-electron chi connectivity index (χ0n) is 26.6. The Morgan fingerprint density at radius 2 is 1.28 bits per heavy atom. The van der Waals surface area contributed by atoms with Gasteiger partial charge in [0.1, 0.15) is 0 Å². The number of halogens is 4. The minimum Gasteiger partial charge on any atom is -0.870 e. The fourth-order valence-electron chi connectivity index (χ4n) is 4.48. The van der Waals surface area contributed by atoms with E-state index in [1.165, 1.54) is 24.6 Å². The van der Waals surface area contributed by atoms with Crippen LogP contribution in [0.2, 0.25) is 10.0 Å². The summed E-state index contributed by atoms with van der Waals surface area (Å²) < 4.78 is 13.4. The van der Waals surface area contributed by atoms with Crippen molar-refractivity contribution in [2.75, 3.05) is 20.3 Å². The molecule has 2 N–H and O–H groups in total. The van der Waals surface area contributed by atoms with E-state index in [2.05, 4.69) is 66.7 Å². The average Bonchev–Trinajstić information content (AvgIpc) is 3.84. The van der Waals surface area contributed by atoms with Gasteiger partial charge in [0.2, 0.25) is 0 Å². The summed E-state index contributed by atoms with van der Waals surface area (Å²) in [6.07, 6.45) is 5.76. The topological polar surface area (TPSA) is 190 Å². The third-order valence-electron chi connectivity index (χ3n) is 6.73. The van der Waals surface area contributed by atoms with E-state index in [1.54, 1.807) is 17.1 Å². The van der Waals surface area contributed by atoms with Crippen molar-refractivity contribution in [2.45, 2.75) is 25.9 Å². The summed E-state index contributed by atoms with van der Waals surface area (Å²) in [7, 11) is 1.29. The van der Waals surface area contributed by atoms with Crippen molar-refractivity contribution in [1.29, 1.82) is 0 Å². The minimum absolute atomic E-state index is 0. The van der Waals surface area contributed by atoms with Crippen LogP contribution in [0, 0.1) is 0 Å². The van der Waals surface area contributed by atoms with Gasteiger partial charge >= 0.3 is 30.8 Å². The second-order valence-corrected chi connectivity index (χ2v) is 12.5. The maximum absolute atomic E-state index is 11.4. The van der Waals surface area contributed by atoms with Gasteiger partial charge < -0.3 is 20.1 Å². The van der Waals surface area contributed by atoms with Gasteiger partial charge in [-0.1, -0.05) is 35.3 Å². The number of rotatable bonds is 6. The van der Waals surface area contributed by atoms with Crippen LogP contribution in [0.3, 0.4) is 0 Å². The van der Waals surface area contributed by atoms with E-state index < -0.39 is 11.9 Å². The van der Waals surface area contributed by atoms with Gasteiger partial charge in [0.15, 0.2) is 9.47 Å². The van der Waals surface area contributed by atoms with Gasteiger partial charge in [-0.25, -0.2) is 19.0 Å². The molecule has 0 amide bonds. The zero-order valence-corrected chi connectivity index (χ0v) is 31.3. The number of nitrogens with zero attached hydrogens (tertiary/aromatic N) is 8. The van der Waals surface area contributed by atoms with Crippen LogP contribution in [0.15, 0.2) is 70.4 Å². The molecule has 0 saturated carbocycles. The van der Waals surface area contributed by atoms with Crippen molar-refractivity contribution in [3.8, 4) is 0 Å². The van der Waals surface area contributed by atoms with Gasteiger partial charge in [0.05, 0.1) is 41.3 Å². The fourth-order valence-corrected chi connectivity index (χ4v) is 5.55. The Hall–Kier alpha value is -3.46. The van der Waals surface area contributed by atoms with Crippen molar-refractivity contribution in [2.24, 2.45) is 0 Å². The molecule has 14 nitrogen and oxygen atoms in total. The van der Waals surface area contributed by atoms with Crippen molar-refractivity contribution in [3.05, 3.63) is 103 Å². The molecule has 6 aromatic rings. The normalized spacial score (nSPS) is 11.8. The zero-order chi connectivity index (χ0) is 34.2. The molecule has 1 fully saturated rings. The summed E-state index contributed by atoms with van der Waals surface area (Å²) in [6, 6.07) is 15.2. The molecule has 0 aliphatic carbocycles. The molecule has 1 aliphatic heterocycles. The number of hydrogen-bond donors (Lipinski definition) is 1. The summed E-state index contributed by atoms with van der Waals surface area (Å²) in [6.45, 7) is 2.84. The van der Waals surface area contributed by atoms with Gasteiger partial charge in [0, 0.05) is 36.4 Å². The molecule has 1 aliphatic rings. The molecule has 256 valence electrons. The SMILES string of the molecule is C1CCOC1.COC(=O)c1nc(Br)n(Cc2ccc3ncc(Cl)cc3c2)n1.O=C(O)c1nc(Br)n(Cc2ccc3ncc(Cl)cc3c2)n1.[Li+].[OH-]. The quantitative estimate of drug-likeness (QED) is 0.189. The van der Waals surface area contributed by atoms with Crippen LogP contribution in [0.4, 0.5) is 0 Å². The van der Waals surface area contributed by atoms with E-state index in [0.717, 1.165) is 46.1 Å². The molecule has 7 rings (SSSR count). The van der Waals surface area contributed by atoms with Gasteiger partial charge in [-0.2, -0.15) is 9.97 Å². The Labute approximate surface area is 324 Å². The Morgan fingerprint density at radius 3 is 1.68 bits per heavy atom. The molecule has 5 heterocycles. The number of methoxy groups -OCH3 is 1. The van der Waals surface area contributed by atoms with Crippen molar-refractivity contribution in [1.82, 2.24) is 39.5 Å². The number of fused-ring (bicyclic) bond motifs is 2. The third-order valence-corrected chi connectivity index (χ3v) is 8.32. The number of carboxylic acid groups (broad SMARTS) is 1. The molecule has 0 atom stereocenters. The molecular formula is C31H27Br2Cl2LiN8O6. The summed E-state index contributed by atoms with van der Waals surface area (Å²) in [5.74, 6) is -1.97. The van der Waals surface area contributed by atoms with Crippen LogP contribution in [-0.4, -0.2) is 82.3 Å². The van der Waals surface area contributed by atoms with Crippen LogP contribution in [-0.2, 0) is 22.6 Å². The Balaban J connectivity index is 0.000000229. The van der Waals surface area contributed by atoms with Crippen molar-refractivity contribution < 1.29 is 48.5 Å². The first kappa shape index (κ1) is 41.0. The van der Waals surface area contributed by atoms with Crippen LogP contribution in [0.25, 0.3) is 21.8 Å². The molecule has 2 aromatic carbocycles. The molecule has 0 radical (unpaired) electrons. The molecule has 0 bridgehead atoms. The van der Waals surface area contributed by atoms with E-state index >= 15 is 0 Å². The van der Waals surface area contributed by atoms with Crippen LogP contribution >= 0.6 is 55.1 Å². The Morgan fingerprint density at radius 1 is 0.820 bits per heavy atom. The summed E-state index contributed by atoms with van der Waals surface area (Å²) in [5, 5.41) is 19.9. The van der Waals surface area contributed by atoms with Gasteiger partial charge in [-0.3, -0.25) is 9.97 Å². The predicted octanol–water partition coefficient (Wildman–Crippen LogP) is 3.69. The number of carbonyl (C=O) groups excluding carboxylic acids is 1. The molecule has 4 aromatic heterocycles. The fraction of sp³-hybridized carbons (Fsp3) is 0.226. The standard InChI is InChI=1S/C14H10BrClN4O2.C13H8BrClN4O2.C4H8O.Li.H2O/c1-22-13(21)12-18-14(15)20(19-12)7-8-2-3-11-9(4-8)5-10(16)6-17-11;14-13-17-11(12(20)21)18-19(13)6-7-1-2-10-8(3-7)4-9(15)5-16-10;1-2-4-5-3-1;;/h2-6H,7H2,1H3;1-5H,6H2,(H,20,21);1-4H2;;1H2/q;;;+1;/p-1. The third kappa shape index (κ3) is 11.0. The number of benzene rings is 2. The maximum atomic E-state index is 11.4. The molecular weight excluding hydrogens is 818 g/mol. The van der Waals surface area contributed by atoms with E-state index in [9.17, 15) is 9.59 Å². The Bertz CT molecular complexity index is 2090. The summed E-state index contributed by atoms with van der Waals surface area (Å²) in [5.41, 5.74) is 3.63. The summed E-state index contributed by atoms with van der Waals surface area (Å²) >= 11 is 18.4. The first-order valence-corrected chi connectivity index (χ1v) is 16.6. The number of carbonyl (C=O) groups is 2. The number of hydrogen-bond acceptors (Lipinski definition) is 11. The smallest absolute Gasteiger partial charge is 0.870 e. The van der Waals surface area contributed by atoms with Crippen LogP contribution in [0.5, 0.6) is 0 Å². The number of aromatic nitrogens is 8. The first-order chi connectivity index (χ1) is 23.1. The largest absolute Gasteiger partial charge is 1.00 e. The first-order valence-electron chi connectivity index (χ1n) is 14.3. The number of carboxylic acids is 1. The molecule has 1 saturated heterocycles. The Kier molecular flexibility index (Phi) is 15.8. The second-order valence-electron chi connectivity index (χ2n) is 10.2. The number of aromatic carboxylic acids is 1. The monoisotopic (exact) mass is 842 g/mol. The van der Waals surface area contributed by atoms with E-state index in [1.807, 2.05) is 48.5 Å². The van der Waals surface area contributed by atoms with E-state index in [-0.39, 0.29) is 36.0 Å². The summed E-state index contributed by atoms with van der Waals surface area (Å²) in [4.78, 5) is 38.6. The molecule has 0 unspecified atom stereocenters. The van der Waals surface area contributed by atoms with E-state index in [4.69, 9.17) is 33.0 Å². The van der Waals surface area contributed by atoms with Crippen LogP contribution in [0.1, 0.15) is 45.2 Å². The molecule has 0 spiro atoms. The molecule has 50 heavy (non-hydrogen) atoms. The van der Waals surface area contributed by atoms with Gasteiger partial charge in [-0.05, 0) is 92.2 Å². The van der Waals surface area contributed by atoms with Gasteiger partial charge in [-0.15, -0.1) is 10.2 Å². The van der Waals surface area contributed by atoms with Gasteiger partial charge in [0.25, 0.3) is 11.6 Å². The molecule has 19 heteroatoms. The minimum atomic E-state index is -1.16. The maximum Gasteiger partial charge on any atom is 1.00 e. The number of ether oxygens (including phenoxy) is 2. The number of esters is 1. The van der Waals surface area contributed by atoms with Crippen LogP contribution < -0.4 is 18.9 Å².